The number of imidazole rings is 1. The van der Waals surface area contributed by atoms with Gasteiger partial charge in [0, 0.05) is 37.6 Å². The van der Waals surface area contributed by atoms with Gasteiger partial charge in [-0.2, -0.15) is 0 Å². The van der Waals surface area contributed by atoms with Gasteiger partial charge in [-0.3, -0.25) is 9.47 Å². The van der Waals surface area contributed by atoms with E-state index in [-0.39, 0.29) is 17.5 Å². The Kier molecular flexibility index (Phi) is 9.29. The maximum Gasteiger partial charge on any atom is 0.319 e. The smallest absolute Gasteiger partial charge is 0.319 e. The number of urea groups is 1. The highest BCUT2D eigenvalue weighted by atomic mass is 16.6. The summed E-state index contributed by atoms with van der Waals surface area (Å²) in [5, 5.41) is 27.5. The van der Waals surface area contributed by atoms with Crippen molar-refractivity contribution in [1.29, 1.82) is 0 Å². The first kappa shape index (κ1) is 29.7. The fraction of sp³-hybridized carbons (Fsp3) is 0.552. The number of hydrogen-bond acceptors (Lipinski definition) is 8. The molecule has 3 heterocycles. The number of nitrogens with two attached hydrogens (primary N) is 1. The molecule has 2 aromatic heterocycles. The lowest BCUT2D eigenvalue weighted by atomic mass is 9.87. The normalized spacial score (nSPS) is 22.1. The number of benzene rings is 1. The zero-order chi connectivity index (χ0) is 29.0. The van der Waals surface area contributed by atoms with E-state index in [2.05, 4.69) is 60.1 Å². The molecule has 40 heavy (non-hydrogen) atoms. The fourth-order valence-corrected chi connectivity index (χ4v) is 4.94. The predicted octanol–water partition coefficient (Wildman–Crippen LogP) is 3.24. The largest absolute Gasteiger partial charge is 0.397 e. The summed E-state index contributed by atoms with van der Waals surface area (Å²) in [6.45, 7) is 12.3. The van der Waals surface area contributed by atoms with Crippen LogP contribution >= 0.6 is 0 Å². The number of aliphatic hydroxyl groups excluding tert-OH is 2. The van der Waals surface area contributed by atoms with Crippen LogP contribution < -0.4 is 16.4 Å². The third kappa shape index (κ3) is 6.72. The molecule has 0 bridgehead atoms. The molecule has 218 valence electrons. The zero-order valence-electron chi connectivity index (χ0n) is 24.0. The van der Waals surface area contributed by atoms with Crippen LogP contribution in [0.3, 0.4) is 0 Å². The van der Waals surface area contributed by atoms with Crippen LogP contribution in [0.1, 0.15) is 59.3 Å². The Morgan fingerprint density at radius 1 is 1.18 bits per heavy atom. The van der Waals surface area contributed by atoms with E-state index in [4.69, 9.17) is 10.5 Å². The van der Waals surface area contributed by atoms with Crippen LogP contribution in [0.25, 0.3) is 11.2 Å². The summed E-state index contributed by atoms with van der Waals surface area (Å²) in [6.07, 6.45) is 1.05. The van der Waals surface area contributed by atoms with Crippen molar-refractivity contribution in [1.82, 2.24) is 24.8 Å². The summed E-state index contributed by atoms with van der Waals surface area (Å²) in [6, 6.07) is 9.52. The second-order valence-electron chi connectivity index (χ2n) is 11.6. The van der Waals surface area contributed by atoms with Gasteiger partial charge in [-0.1, -0.05) is 39.8 Å². The van der Waals surface area contributed by atoms with Crippen LogP contribution in [0, 0.1) is 0 Å². The van der Waals surface area contributed by atoms with Crippen molar-refractivity contribution in [3.8, 4) is 0 Å². The molecule has 4 rings (SSSR count). The van der Waals surface area contributed by atoms with E-state index >= 15 is 0 Å². The Hall–Kier alpha value is -3.25. The molecule has 6 N–H and O–H groups in total. The lowest BCUT2D eigenvalue weighted by Gasteiger charge is -2.31. The van der Waals surface area contributed by atoms with Gasteiger partial charge in [0.25, 0.3) is 0 Å². The van der Waals surface area contributed by atoms with Gasteiger partial charge in [-0.05, 0) is 48.9 Å². The third-order valence-electron chi connectivity index (χ3n) is 7.65. The van der Waals surface area contributed by atoms with E-state index in [0.717, 1.165) is 12.1 Å². The van der Waals surface area contributed by atoms with Crippen molar-refractivity contribution in [3.05, 3.63) is 48.4 Å². The average Bonchev–Trinajstić information content (AvgIpc) is 3.47. The van der Waals surface area contributed by atoms with Gasteiger partial charge < -0.3 is 31.3 Å². The molecular weight excluding hydrogens is 510 g/mol. The molecule has 1 fully saturated rings. The molecule has 1 unspecified atom stereocenters. The Morgan fingerprint density at radius 3 is 2.58 bits per heavy atom. The maximum absolute atomic E-state index is 12.4. The second kappa shape index (κ2) is 12.5. The van der Waals surface area contributed by atoms with E-state index in [9.17, 15) is 15.0 Å². The molecule has 11 nitrogen and oxygen atoms in total. The van der Waals surface area contributed by atoms with Crippen LogP contribution in [0.4, 0.5) is 16.2 Å². The molecule has 1 saturated heterocycles. The number of anilines is 2. The summed E-state index contributed by atoms with van der Waals surface area (Å²) in [5.41, 5.74) is 9.51. The number of pyridine rings is 1. The highest BCUT2D eigenvalue weighted by molar-refractivity contribution is 5.89. The Labute approximate surface area is 235 Å². The highest BCUT2D eigenvalue weighted by Gasteiger charge is 2.45. The van der Waals surface area contributed by atoms with Gasteiger partial charge in [0.05, 0.1) is 12.0 Å². The molecule has 0 spiro atoms. The van der Waals surface area contributed by atoms with Crippen molar-refractivity contribution in [2.24, 2.45) is 0 Å². The molecule has 1 aliphatic heterocycles. The number of nitrogens with one attached hydrogen (secondary N) is 2. The van der Waals surface area contributed by atoms with E-state index < -0.39 is 24.5 Å². The Bertz CT molecular complexity index is 1270. The lowest BCUT2D eigenvalue weighted by Crippen LogP contribution is -2.44. The summed E-state index contributed by atoms with van der Waals surface area (Å²) in [7, 11) is 0. The Morgan fingerprint density at radius 2 is 1.90 bits per heavy atom. The minimum atomic E-state index is -1.15. The molecule has 5 atom stereocenters. The number of carbonyl (C=O) groups is 1. The van der Waals surface area contributed by atoms with Crippen LogP contribution in [0.5, 0.6) is 0 Å². The molecule has 0 saturated carbocycles. The number of aromatic nitrogens is 3. The number of fused-ring (bicyclic) bond motifs is 1. The number of ether oxygens (including phenoxy) is 1. The van der Waals surface area contributed by atoms with Gasteiger partial charge in [0.2, 0.25) is 0 Å². The van der Waals surface area contributed by atoms with Crippen molar-refractivity contribution in [3.63, 3.8) is 0 Å². The summed E-state index contributed by atoms with van der Waals surface area (Å²) in [5.74, 6) is 0. The molecule has 2 amide bonds. The zero-order valence-corrected chi connectivity index (χ0v) is 24.0. The number of rotatable bonds is 10. The average molecular weight is 554 g/mol. The van der Waals surface area contributed by atoms with Crippen molar-refractivity contribution in [2.75, 3.05) is 30.7 Å². The number of hydrogen-bond donors (Lipinski definition) is 5. The van der Waals surface area contributed by atoms with Crippen LogP contribution in [-0.4, -0.2) is 79.7 Å². The number of nitrogen functional groups attached to an aromatic ring is 1. The summed E-state index contributed by atoms with van der Waals surface area (Å²) < 4.78 is 7.78. The predicted molar refractivity (Wildman–Crippen MR) is 156 cm³/mol. The van der Waals surface area contributed by atoms with Gasteiger partial charge in [0.1, 0.15) is 23.8 Å². The van der Waals surface area contributed by atoms with Crippen LogP contribution in [-0.2, 0) is 10.2 Å². The van der Waals surface area contributed by atoms with E-state index in [1.54, 1.807) is 16.8 Å². The fourth-order valence-electron chi connectivity index (χ4n) is 4.94. The van der Waals surface area contributed by atoms with E-state index in [0.29, 0.717) is 42.9 Å². The first-order valence-electron chi connectivity index (χ1n) is 14.0. The van der Waals surface area contributed by atoms with Gasteiger partial charge >= 0.3 is 6.03 Å². The molecule has 3 aromatic rings. The first-order valence-corrected chi connectivity index (χ1v) is 14.0. The molecule has 1 aromatic carbocycles. The molecule has 11 heteroatoms. The van der Waals surface area contributed by atoms with E-state index in [1.807, 2.05) is 24.3 Å². The van der Waals surface area contributed by atoms with Gasteiger partial charge in [-0.15, -0.1) is 0 Å². The molecule has 0 aliphatic carbocycles. The quantitative estimate of drug-likeness (QED) is 0.240. The minimum absolute atomic E-state index is 0.0560. The second-order valence-corrected chi connectivity index (χ2v) is 11.6. The number of carbonyl (C=O) groups excluding carboxylic acids is 1. The third-order valence-corrected chi connectivity index (χ3v) is 7.65. The van der Waals surface area contributed by atoms with Gasteiger partial charge in [0.15, 0.2) is 11.9 Å². The highest BCUT2D eigenvalue weighted by Crippen LogP contribution is 2.33. The SMILES string of the molecule is CCC(C)N(CCCNC(=O)Nc1ccc(C(C)(C)C)cc1)C[C@H]1O[C@@H](n2cnc3c(N)ccnc32)[C@H](O)[C@@H]1O. The Balaban J connectivity index is 1.30. The van der Waals surface area contributed by atoms with Crippen molar-refractivity contribution >= 4 is 28.6 Å². The van der Waals surface area contributed by atoms with E-state index in [1.165, 1.54) is 11.9 Å². The van der Waals surface area contributed by atoms with Crippen LogP contribution in [0.2, 0.25) is 0 Å². The summed E-state index contributed by atoms with van der Waals surface area (Å²) in [4.78, 5) is 23.3. The summed E-state index contributed by atoms with van der Waals surface area (Å²) >= 11 is 0. The minimum Gasteiger partial charge on any atom is -0.397 e. The molecule has 1 aliphatic rings. The maximum atomic E-state index is 12.4. The standard InChI is InChI=1S/C29H43N7O4/c1-6-18(2)35(15-7-13-32-28(39)34-20-10-8-19(9-11-20)29(3,4)5)16-22-24(37)25(38)27(40-22)36-17-33-23-21(30)12-14-31-26(23)36/h8-12,14,17-18,22,24-25,27,37-38H,6-7,13,15-16H2,1-5H3,(H2,30,31)(H2,32,34,39)/t18?,22-,24-,25-,27-/m1/s1. The molecular formula is C29H43N7O4. The topological polar surface area (TPSA) is 151 Å². The van der Waals surface area contributed by atoms with Crippen molar-refractivity contribution in [2.45, 2.75) is 83.5 Å². The first-order chi connectivity index (χ1) is 19.0. The van der Waals surface area contributed by atoms with Crippen molar-refractivity contribution < 1.29 is 19.7 Å². The van der Waals surface area contributed by atoms with Crippen LogP contribution in [0.15, 0.2) is 42.9 Å². The molecule has 0 radical (unpaired) electrons. The lowest BCUT2D eigenvalue weighted by molar-refractivity contribution is -0.0476. The monoisotopic (exact) mass is 553 g/mol. The number of aliphatic hydroxyl groups is 2. The number of nitrogens with zero attached hydrogens (tertiary/aromatic N) is 4. The number of amides is 2. The van der Waals surface area contributed by atoms with Gasteiger partial charge in [-0.25, -0.2) is 14.8 Å².